The molecule has 0 spiro atoms. The van der Waals surface area contributed by atoms with Crippen LogP contribution in [0.4, 0.5) is 4.79 Å². The summed E-state index contributed by atoms with van der Waals surface area (Å²) in [6, 6.07) is -0.984. The number of fused-ring (bicyclic) bond motifs is 1. The zero-order valence-electron chi connectivity index (χ0n) is 11.6. The van der Waals surface area contributed by atoms with Crippen molar-refractivity contribution in [3.63, 3.8) is 0 Å². The van der Waals surface area contributed by atoms with Crippen molar-refractivity contribution in [1.29, 1.82) is 0 Å². The van der Waals surface area contributed by atoms with Gasteiger partial charge in [0.2, 0.25) is 0 Å². The lowest BCUT2D eigenvalue weighted by Crippen LogP contribution is -2.58. The molecule has 0 bridgehead atoms. The van der Waals surface area contributed by atoms with Gasteiger partial charge >= 0.3 is 12.1 Å². The Balaban J connectivity index is 2.19. The van der Waals surface area contributed by atoms with E-state index in [1.54, 1.807) is 20.8 Å². The number of aliphatic carboxylic acids is 1. The third kappa shape index (κ3) is 3.00. The molecule has 6 heteroatoms. The molecule has 0 saturated carbocycles. The van der Waals surface area contributed by atoms with E-state index in [1.165, 1.54) is 4.90 Å². The van der Waals surface area contributed by atoms with E-state index in [9.17, 15) is 14.7 Å². The topological polar surface area (TPSA) is 76.1 Å². The molecule has 0 aromatic rings. The van der Waals surface area contributed by atoms with E-state index >= 15 is 0 Å². The van der Waals surface area contributed by atoms with Gasteiger partial charge in [-0.25, -0.2) is 9.59 Å². The molecule has 2 saturated heterocycles. The zero-order valence-corrected chi connectivity index (χ0v) is 11.6. The molecule has 1 N–H and O–H groups in total. The molecule has 6 nitrogen and oxygen atoms in total. The molecule has 0 aromatic carbocycles. The number of hydrogen-bond acceptors (Lipinski definition) is 4. The number of ether oxygens (including phenoxy) is 2. The summed E-state index contributed by atoms with van der Waals surface area (Å²) in [5.41, 5.74) is -0.632. The molecular weight excluding hydrogens is 250 g/mol. The molecule has 108 valence electrons. The van der Waals surface area contributed by atoms with Gasteiger partial charge in [-0.05, 0) is 40.0 Å². The molecular formula is C13H21NO5. The van der Waals surface area contributed by atoms with E-state index in [0.29, 0.717) is 25.9 Å². The molecule has 2 aliphatic heterocycles. The number of amides is 1. The Morgan fingerprint density at radius 2 is 1.95 bits per heavy atom. The highest BCUT2D eigenvalue weighted by Gasteiger charge is 2.47. The minimum atomic E-state index is -0.976. The van der Waals surface area contributed by atoms with E-state index in [4.69, 9.17) is 9.47 Å². The maximum absolute atomic E-state index is 12.3. The standard InChI is InChI=1S/C13H21NO5/c1-13(2,3)19-12(17)14-8-6-7-18-10(8)5-4-9(14)11(15)16/h8-10H,4-7H2,1-3H3,(H,15,16)/t8-,9-,10-/m1/s1. The highest BCUT2D eigenvalue weighted by Crippen LogP contribution is 2.33. The normalized spacial score (nSPS) is 30.9. The number of carboxylic acids is 1. The number of likely N-dealkylation sites (tertiary alicyclic amines) is 1. The maximum Gasteiger partial charge on any atom is 0.411 e. The van der Waals surface area contributed by atoms with Gasteiger partial charge in [0.05, 0.1) is 12.1 Å². The Morgan fingerprint density at radius 3 is 2.53 bits per heavy atom. The van der Waals surface area contributed by atoms with Crippen LogP contribution in [-0.4, -0.2) is 52.5 Å². The monoisotopic (exact) mass is 271 g/mol. The molecule has 0 unspecified atom stereocenters. The van der Waals surface area contributed by atoms with E-state index in [1.807, 2.05) is 0 Å². The molecule has 2 rings (SSSR count). The van der Waals surface area contributed by atoms with Crippen LogP contribution in [0.1, 0.15) is 40.0 Å². The van der Waals surface area contributed by atoms with Gasteiger partial charge < -0.3 is 14.6 Å². The molecule has 1 amide bonds. The second-order valence-electron chi connectivity index (χ2n) is 6.08. The van der Waals surface area contributed by atoms with Crippen molar-refractivity contribution in [2.45, 2.75) is 63.8 Å². The van der Waals surface area contributed by atoms with Crippen LogP contribution in [0.15, 0.2) is 0 Å². The quantitative estimate of drug-likeness (QED) is 0.784. The van der Waals surface area contributed by atoms with E-state index in [-0.39, 0.29) is 12.1 Å². The van der Waals surface area contributed by atoms with Gasteiger partial charge in [0.1, 0.15) is 11.6 Å². The second kappa shape index (κ2) is 5.00. The Labute approximate surface area is 112 Å². The molecule has 2 heterocycles. The van der Waals surface area contributed by atoms with Gasteiger partial charge in [-0.3, -0.25) is 4.90 Å². The molecule has 0 radical (unpaired) electrons. The van der Waals surface area contributed by atoms with Crippen molar-refractivity contribution in [2.24, 2.45) is 0 Å². The summed E-state index contributed by atoms with van der Waals surface area (Å²) in [5, 5.41) is 9.29. The Kier molecular flexibility index (Phi) is 3.71. The minimum absolute atomic E-state index is 0.0527. The number of hydrogen-bond donors (Lipinski definition) is 1. The summed E-state index contributed by atoms with van der Waals surface area (Å²) in [5.74, 6) is -0.976. The van der Waals surface area contributed by atoms with E-state index in [2.05, 4.69) is 0 Å². The zero-order chi connectivity index (χ0) is 14.2. The van der Waals surface area contributed by atoms with E-state index < -0.39 is 23.7 Å². The summed E-state index contributed by atoms with van der Waals surface area (Å²) in [6.45, 7) is 5.88. The predicted octanol–water partition coefficient (Wildman–Crippen LogP) is 1.63. The van der Waals surface area contributed by atoms with Crippen LogP contribution in [0.5, 0.6) is 0 Å². The van der Waals surface area contributed by atoms with Crippen molar-refractivity contribution in [3.05, 3.63) is 0 Å². The number of carboxylic acid groups (broad SMARTS) is 1. The number of nitrogens with zero attached hydrogens (tertiary/aromatic N) is 1. The number of carbonyl (C=O) groups excluding carboxylic acids is 1. The highest BCUT2D eigenvalue weighted by molar-refractivity contribution is 5.80. The summed E-state index contributed by atoms with van der Waals surface area (Å²) < 4.78 is 10.9. The van der Waals surface area contributed by atoms with Crippen molar-refractivity contribution >= 4 is 12.1 Å². The smallest absolute Gasteiger partial charge is 0.411 e. The summed E-state index contributed by atoms with van der Waals surface area (Å²) in [6.07, 6.45) is 1.16. The van der Waals surface area contributed by atoms with Crippen molar-refractivity contribution in [2.75, 3.05) is 6.61 Å². The minimum Gasteiger partial charge on any atom is -0.480 e. The third-order valence-corrected chi connectivity index (χ3v) is 3.48. The van der Waals surface area contributed by atoms with Gasteiger partial charge in [-0.1, -0.05) is 0 Å². The van der Waals surface area contributed by atoms with Gasteiger partial charge in [-0.15, -0.1) is 0 Å². The number of piperidine rings is 1. The lowest BCUT2D eigenvalue weighted by Gasteiger charge is -2.41. The Bertz CT molecular complexity index is 376. The predicted molar refractivity (Wildman–Crippen MR) is 66.9 cm³/mol. The number of carbonyl (C=O) groups is 2. The largest absolute Gasteiger partial charge is 0.480 e. The van der Waals surface area contributed by atoms with Crippen molar-refractivity contribution < 1.29 is 24.2 Å². The molecule has 3 atom stereocenters. The van der Waals surface area contributed by atoms with Crippen LogP contribution >= 0.6 is 0 Å². The molecule has 2 aliphatic rings. The third-order valence-electron chi connectivity index (χ3n) is 3.48. The summed E-state index contributed by atoms with van der Waals surface area (Å²) >= 11 is 0. The molecule has 19 heavy (non-hydrogen) atoms. The average molecular weight is 271 g/mol. The lowest BCUT2D eigenvalue weighted by molar-refractivity contribution is -0.147. The van der Waals surface area contributed by atoms with E-state index in [0.717, 1.165) is 0 Å². The Morgan fingerprint density at radius 1 is 1.26 bits per heavy atom. The first-order valence-corrected chi connectivity index (χ1v) is 6.65. The first-order chi connectivity index (χ1) is 8.79. The van der Waals surface area contributed by atoms with Gasteiger partial charge in [0.25, 0.3) is 0 Å². The van der Waals surface area contributed by atoms with Crippen LogP contribution < -0.4 is 0 Å². The fourth-order valence-electron chi connectivity index (χ4n) is 2.74. The second-order valence-corrected chi connectivity index (χ2v) is 6.08. The van der Waals surface area contributed by atoms with Gasteiger partial charge in [0, 0.05) is 6.61 Å². The summed E-state index contributed by atoms with van der Waals surface area (Å²) in [4.78, 5) is 25.0. The van der Waals surface area contributed by atoms with Gasteiger partial charge in [-0.2, -0.15) is 0 Å². The molecule has 2 fully saturated rings. The van der Waals surface area contributed by atoms with Crippen LogP contribution in [-0.2, 0) is 14.3 Å². The van der Waals surface area contributed by atoms with Crippen LogP contribution in [0.3, 0.4) is 0 Å². The fourth-order valence-corrected chi connectivity index (χ4v) is 2.74. The lowest BCUT2D eigenvalue weighted by atomic mass is 9.93. The van der Waals surface area contributed by atoms with Crippen LogP contribution in [0.2, 0.25) is 0 Å². The highest BCUT2D eigenvalue weighted by atomic mass is 16.6. The van der Waals surface area contributed by atoms with Gasteiger partial charge in [0.15, 0.2) is 0 Å². The maximum atomic E-state index is 12.3. The van der Waals surface area contributed by atoms with Crippen molar-refractivity contribution in [3.8, 4) is 0 Å². The fraction of sp³-hybridized carbons (Fsp3) is 0.846. The average Bonchev–Trinajstić information content (AvgIpc) is 2.72. The molecule has 0 aromatic heterocycles. The van der Waals surface area contributed by atoms with Crippen LogP contribution in [0, 0.1) is 0 Å². The molecule has 0 aliphatic carbocycles. The number of rotatable bonds is 1. The first-order valence-electron chi connectivity index (χ1n) is 6.65. The summed E-state index contributed by atoms with van der Waals surface area (Å²) in [7, 11) is 0. The van der Waals surface area contributed by atoms with Crippen molar-refractivity contribution in [1.82, 2.24) is 4.90 Å². The first kappa shape index (κ1) is 14.1. The SMILES string of the molecule is CC(C)(C)OC(=O)N1[C@@H](C(=O)O)CC[C@H]2OCC[C@H]21. The Hall–Kier alpha value is -1.30. The van der Waals surface area contributed by atoms with Crippen LogP contribution in [0.25, 0.3) is 0 Å².